The lowest BCUT2D eigenvalue weighted by Gasteiger charge is -2.22. The molecule has 0 rings (SSSR count). The summed E-state index contributed by atoms with van der Waals surface area (Å²) < 4.78 is 0. The van der Waals surface area contributed by atoms with E-state index in [2.05, 4.69) is 243 Å². The molecule has 63 heavy (non-hydrogen) atoms. The molecule has 0 aromatic rings. The minimum atomic E-state index is 0.708. The van der Waals surface area contributed by atoms with E-state index in [4.69, 9.17) is 0 Å². The van der Waals surface area contributed by atoms with Crippen molar-refractivity contribution in [1.82, 2.24) is 0 Å². The van der Waals surface area contributed by atoms with Crippen molar-refractivity contribution in [1.29, 1.82) is 0 Å². The van der Waals surface area contributed by atoms with E-state index in [1.165, 1.54) is 69.8 Å². The van der Waals surface area contributed by atoms with Crippen molar-refractivity contribution in [3.63, 3.8) is 0 Å². The van der Waals surface area contributed by atoms with Gasteiger partial charge >= 0.3 is 0 Å². The second-order valence-corrected chi connectivity index (χ2v) is 24.1. The molecule has 0 nitrogen and oxygen atoms in total. The Bertz CT molecular complexity index is 989. The van der Waals surface area contributed by atoms with Crippen LogP contribution in [0.3, 0.4) is 0 Å². The number of allylic oxidation sites excluding steroid dienone is 10. The highest BCUT2D eigenvalue weighted by molar-refractivity contribution is 5.00. The monoisotopic (exact) mass is 883 g/mol. The van der Waals surface area contributed by atoms with Crippen molar-refractivity contribution in [2.75, 3.05) is 0 Å². The van der Waals surface area contributed by atoms with Gasteiger partial charge in [0.1, 0.15) is 0 Å². The van der Waals surface area contributed by atoms with E-state index in [-0.39, 0.29) is 0 Å². The van der Waals surface area contributed by atoms with Crippen LogP contribution in [0.1, 0.15) is 251 Å². The summed E-state index contributed by atoms with van der Waals surface area (Å²) in [6, 6.07) is 0. The molecule has 2 unspecified atom stereocenters. The average molecular weight is 884 g/mol. The molecule has 0 saturated carbocycles. The maximum Gasteiger partial charge on any atom is -0.0183 e. The molecular formula is C63H126. The fraction of sp³-hybridized carbons (Fsp3) is 0.810. The maximum atomic E-state index is 4.03. The second kappa shape index (κ2) is 48.4. The third-order valence-electron chi connectivity index (χ3n) is 10.2. The summed E-state index contributed by atoms with van der Waals surface area (Å²) in [5, 5.41) is 0. The summed E-state index contributed by atoms with van der Waals surface area (Å²) in [5.41, 5.74) is 4.44. The first kappa shape index (κ1) is 73.0. The summed E-state index contributed by atoms with van der Waals surface area (Å²) in [5.74, 6) is 11.0. The average Bonchev–Trinajstić information content (AvgIpc) is 3.11. The summed E-state index contributed by atoms with van der Waals surface area (Å²) in [4.78, 5) is 0. The molecule has 0 aromatic carbocycles. The summed E-state index contributed by atoms with van der Waals surface area (Å²) in [6.07, 6.45) is 28.5. The summed E-state index contributed by atoms with van der Waals surface area (Å²) in [6.45, 7) is 68.8. The van der Waals surface area contributed by atoms with E-state index >= 15 is 0 Å². The molecule has 0 amide bonds. The van der Waals surface area contributed by atoms with Crippen LogP contribution < -0.4 is 0 Å². The number of hydrogen-bond donors (Lipinski definition) is 0. The first-order valence-corrected chi connectivity index (χ1v) is 26.7. The Hall–Kier alpha value is -1.56. The van der Waals surface area contributed by atoms with Gasteiger partial charge in [-0.3, -0.25) is 0 Å². The van der Waals surface area contributed by atoms with Gasteiger partial charge in [0.05, 0.1) is 0 Å². The predicted molar refractivity (Wildman–Crippen MR) is 302 cm³/mol. The fourth-order valence-electron chi connectivity index (χ4n) is 6.54. The molecule has 2 atom stereocenters. The van der Waals surface area contributed by atoms with Crippen molar-refractivity contribution in [3.8, 4) is 0 Å². The van der Waals surface area contributed by atoms with Gasteiger partial charge in [0.15, 0.2) is 0 Å². The molecule has 0 radical (unpaired) electrons. The molecule has 0 N–H and O–H groups in total. The minimum Gasteiger partial charge on any atom is -0.103 e. The van der Waals surface area contributed by atoms with Gasteiger partial charge in [0.25, 0.3) is 0 Å². The first-order valence-electron chi connectivity index (χ1n) is 26.7. The van der Waals surface area contributed by atoms with E-state index in [1.54, 1.807) is 11.1 Å². The highest BCUT2D eigenvalue weighted by Gasteiger charge is 2.15. The van der Waals surface area contributed by atoms with Crippen LogP contribution in [0.2, 0.25) is 0 Å². The molecule has 0 heterocycles. The molecule has 0 heteroatoms. The Labute approximate surface area is 404 Å². The Kier molecular flexibility index (Phi) is 56.1. The first-order chi connectivity index (χ1) is 28.8. The topological polar surface area (TPSA) is 0 Å². The normalized spacial score (nSPS) is 13.2. The van der Waals surface area contributed by atoms with Crippen LogP contribution in [0.15, 0.2) is 72.4 Å². The molecule has 0 bridgehead atoms. The van der Waals surface area contributed by atoms with Crippen LogP contribution in [0.4, 0.5) is 0 Å². The number of hydrogen-bond acceptors (Lipinski definition) is 0. The van der Waals surface area contributed by atoms with E-state index in [0.29, 0.717) is 5.92 Å². The largest absolute Gasteiger partial charge is 0.103 e. The SMILES string of the molecule is C/C(=C/CC(C)C)CC(C)C.C/C(=C\CC(C)C)CC(C)C.C=C(C)C(CC(C)C)C(C)C.C=CC(CC(C)C)C(C)C.CC(C)C/C=C/CC(C)C.CC(C)C/C=C\CC(C)C. The van der Waals surface area contributed by atoms with Crippen LogP contribution in [-0.4, -0.2) is 0 Å². The third kappa shape index (κ3) is 75.1. The Morgan fingerprint density at radius 2 is 0.619 bits per heavy atom. The van der Waals surface area contributed by atoms with Crippen molar-refractivity contribution in [2.24, 2.45) is 82.9 Å². The smallest absolute Gasteiger partial charge is 0.0183 e. The van der Waals surface area contributed by atoms with Gasteiger partial charge in [-0.2, -0.15) is 0 Å². The highest BCUT2D eigenvalue weighted by atomic mass is 14.2. The zero-order valence-corrected chi connectivity index (χ0v) is 49.1. The number of rotatable bonds is 24. The van der Waals surface area contributed by atoms with Crippen LogP contribution in [0.25, 0.3) is 0 Å². The van der Waals surface area contributed by atoms with Gasteiger partial charge in [0.2, 0.25) is 0 Å². The van der Waals surface area contributed by atoms with Crippen molar-refractivity contribution in [3.05, 3.63) is 72.4 Å². The second-order valence-electron chi connectivity index (χ2n) is 24.1. The van der Waals surface area contributed by atoms with Crippen molar-refractivity contribution >= 4 is 0 Å². The van der Waals surface area contributed by atoms with Gasteiger partial charge in [0, 0.05) is 0 Å². The van der Waals surface area contributed by atoms with E-state index in [1.807, 2.05) is 0 Å². The van der Waals surface area contributed by atoms with Crippen LogP contribution in [0.5, 0.6) is 0 Å². The molecule has 0 aliphatic heterocycles. The highest BCUT2D eigenvalue weighted by Crippen LogP contribution is 2.26. The lowest BCUT2D eigenvalue weighted by molar-refractivity contribution is 0.364. The van der Waals surface area contributed by atoms with Crippen LogP contribution >= 0.6 is 0 Å². The molecule has 378 valence electrons. The minimum absolute atomic E-state index is 0.708. The fourth-order valence-corrected chi connectivity index (χ4v) is 6.54. The Morgan fingerprint density at radius 1 is 0.349 bits per heavy atom. The van der Waals surface area contributed by atoms with Crippen LogP contribution in [0, 0.1) is 82.9 Å². The molecular weight excluding hydrogens is 757 g/mol. The molecule has 0 aliphatic rings. The summed E-state index contributed by atoms with van der Waals surface area (Å²) >= 11 is 0. The molecule has 0 aromatic heterocycles. The standard InChI is InChI=1S/3C11H22.3C10H20/c1-8(2)7-11(9(3)4)10(5)6;2*1-9(2)6-7-11(5)8-10(3)4;2*1-9(2)7-5-6-8-10(3)4;1-6-10(9(4)5)7-8(2)3/h8,10-11H,3,7H2,1-2,4-6H3;2*7,9-10H,6,8H2,1-5H3;2*5-6,9-10H,7-8H2,1-4H3;6,8-10H,1,7H2,2-5H3/b;11-7+;11-7-;6-5+;6-5-;. The van der Waals surface area contributed by atoms with E-state index in [9.17, 15) is 0 Å². The maximum absolute atomic E-state index is 4.03. The lowest BCUT2D eigenvalue weighted by atomic mass is 9.83. The quantitative estimate of drug-likeness (QED) is 0.0848. The molecule has 0 fully saturated rings. The van der Waals surface area contributed by atoms with Crippen molar-refractivity contribution < 1.29 is 0 Å². The Morgan fingerprint density at radius 3 is 0.746 bits per heavy atom. The van der Waals surface area contributed by atoms with Crippen LogP contribution in [-0.2, 0) is 0 Å². The van der Waals surface area contributed by atoms with Gasteiger partial charge in [-0.1, -0.05) is 232 Å². The zero-order chi connectivity index (χ0) is 50.8. The van der Waals surface area contributed by atoms with Gasteiger partial charge in [-0.15, -0.1) is 6.58 Å². The Balaban J connectivity index is -0.000000155. The molecule has 0 saturated heterocycles. The zero-order valence-electron chi connectivity index (χ0n) is 49.1. The van der Waals surface area contributed by atoms with Crippen molar-refractivity contribution in [2.45, 2.75) is 251 Å². The molecule has 0 spiro atoms. The van der Waals surface area contributed by atoms with E-state index in [0.717, 1.165) is 76.9 Å². The third-order valence-corrected chi connectivity index (χ3v) is 10.2. The molecule has 0 aliphatic carbocycles. The van der Waals surface area contributed by atoms with Gasteiger partial charge < -0.3 is 0 Å². The van der Waals surface area contributed by atoms with Gasteiger partial charge in [-0.05, 0) is 168 Å². The van der Waals surface area contributed by atoms with E-state index < -0.39 is 0 Å². The summed E-state index contributed by atoms with van der Waals surface area (Å²) in [7, 11) is 0. The predicted octanol–water partition coefficient (Wildman–Crippen LogP) is 22.7. The van der Waals surface area contributed by atoms with Gasteiger partial charge in [-0.25, -0.2) is 0 Å². The lowest BCUT2D eigenvalue weighted by Crippen LogP contribution is -2.12.